The molecule has 2 N–H and O–H groups in total. The molecule has 3 rings (SSSR count). The second-order valence-corrected chi connectivity index (χ2v) is 4.97. The number of hydrogen-bond acceptors (Lipinski definition) is 4. The smallest absolute Gasteiger partial charge is 0.407 e. The molecule has 1 saturated heterocycles. The summed E-state index contributed by atoms with van der Waals surface area (Å²) in [5.41, 5.74) is 1.90. The Hall–Kier alpha value is -2.15. The predicted molar refractivity (Wildman–Crippen MR) is 73.5 cm³/mol. The molecule has 1 aromatic carbocycles. The first kappa shape index (κ1) is 12.9. The van der Waals surface area contributed by atoms with Crippen LogP contribution < -0.4 is 5.32 Å². The van der Waals surface area contributed by atoms with Gasteiger partial charge in [0.25, 0.3) is 0 Å². The number of aryl methyl sites for hydroxylation is 1. The van der Waals surface area contributed by atoms with Crippen LogP contribution in [0.5, 0.6) is 0 Å². The average Bonchev–Trinajstić information content (AvgIpc) is 2.89. The Morgan fingerprint density at radius 2 is 2.30 bits per heavy atom. The monoisotopic (exact) mass is 275 g/mol. The lowest BCUT2D eigenvalue weighted by Gasteiger charge is -2.31. The third-order valence-electron chi connectivity index (χ3n) is 3.64. The van der Waals surface area contributed by atoms with Crippen molar-refractivity contribution in [2.24, 2.45) is 0 Å². The second-order valence-electron chi connectivity index (χ2n) is 4.97. The van der Waals surface area contributed by atoms with Crippen LogP contribution in [-0.2, 0) is 6.54 Å². The minimum atomic E-state index is -0.845. The number of aromatic nitrogens is 3. The zero-order chi connectivity index (χ0) is 13.9. The highest BCUT2D eigenvalue weighted by atomic mass is 16.4. The van der Waals surface area contributed by atoms with Gasteiger partial charge in [-0.05, 0) is 18.6 Å². The molecule has 7 heteroatoms. The van der Waals surface area contributed by atoms with Gasteiger partial charge in [-0.2, -0.15) is 0 Å². The zero-order valence-corrected chi connectivity index (χ0v) is 11.1. The van der Waals surface area contributed by atoms with Crippen LogP contribution >= 0.6 is 0 Å². The maximum Gasteiger partial charge on any atom is 0.407 e. The lowest BCUT2D eigenvalue weighted by molar-refractivity contribution is 0.126. The number of carboxylic acid groups (broad SMARTS) is 1. The summed E-state index contributed by atoms with van der Waals surface area (Å²) in [4.78, 5) is 12.4. The summed E-state index contributed by atoms with van der Waals surface area (Å²) in [6.45, 7) is 2.51. The molecule has 20 heavy (non-hydrogen) atoms. The number of nitrogens with one attached hydrogen (secondary N) is 1. The van der Waals surface area contributed by atoms with E-state index >= 15 is 0 Å². The van der Waals surface area contributed by atoms with Gasteiger partial charge in [0, 0.05) is 32.2 Å². The molecule has 1 aliphatic heterocycles. The lowest BCUT2D eigenvalue weighted by atomic mass is 10.1. The maximum absolute atomic E-state index is 11.0. The van der Waals surface area contributed by atoms with Crippen molar-refractivity contribution < 1.29 is 9.90 Å². The van der Waals surface area contributed by atoms with Crippen LogP contribution in [0.2, 0.25) is 0 Å². The van der Waals surface area contributed by atoms with Crippen molar-refractivity contribution in [1.82, 2.24) is 25.2 Å². The quantitative estimate of drug-likeness (QED) is 0.864. The number of rotatable bonds is 3. The Balaban J connectivity index is 1.63. The Morgan fingerprint density at radius 3 is 3.15 bits per heavy atom. The first-order valence-corrected chi connectivity index (χ1v) is 6.73. The van der Waals surface area contributed by atoms with Crippen molar-refractivity contribution in [3.05, 3.63) is 24.3 Å². The fourth-order valence-corrected chi connectivity index (χ4v) is 2.55. The summed E-state index contributed by atoms with van der Waals surface area (Å²) >= 11 is 0. The van der Waals surface area contributed by atoms with E-state index in [1.165, 1.54) is 4.90 Å². The molecule has 0 radical (unpaired) electrons. The van der Waals surface area contributed by atoms with Gasteiger partial charge in [0.2, 0.25) is 0 Å². The van der Waals surface area contributed by atoms with Crippen molar-refractivity contribution in [3.63, 3.8) is 0 Å². The number of amides is 1. The highest BCUT2D eigenvalue weighted by Gasteiger charge is 2.22. The molecule has 1 fully saturated rings. The molecule has 0 spiro atoms. The zero-order valence-electron chi connectivity index (χ0n) is 11.1. The highest BCUT2D eigenvalue weighted by Crippen LogP contribution is 2.11. The summed E-state index contributed by atoms with van der Waals surface area (Å²) in [5.74, 6) is 0. The van der Waals surface area contributed by atoms with E-state index in [1.54, 1.807) is 0 Å². The minimum Gasteiger partial charge on any atom is -0.465 e. The van der Waals surface area contributed by atoms with Crippen molar-refractivity contribution in [1.29, 1.82) is 0 Å². The van der Waals surface area contributed by atoms with E-state index in [9.17, 15) is 4.79 Å². The number of para-hydroxylation sites is 1. The molecule has 1 atom stereocenters. The van der Waals surface area contributed by atoms with E-state index in [4.69, 9.17) is 5.11 Å². The largest absolute Gasteiger partial charge is 0.465 e. The number of carbonyl (C=O) groups is 1. The third kappa shape index (κ3) is 2.57. The van der Waals surface area contributed by atoms with Crippen molar-refractivity contribution in [3.8, 4) is 0 Å². The van der Waals surface area contributed by atoms with Crippen LogP contribution in [0.1, 0.15) is 6.42 Å². The van der Waals surface area contributed by atoms with Crippen molar-refractivity contribution in [2.75, 3.05) is 19.6 Å². The number of benzene rings is 1. The molecule has 1 aromatic heterocycles. The van der Waals surface area contributed by atoms with Crippen LogP contribution in [0.3, 0.4) is 0 Å². The predicted octanol–water partition coefficient (Wildman–Crippen LogP) is 0.773. The molecular formula is C13H17N5O2. The summed E-state index contributed by atoms with van der Waals surface area (Å²) in [6, 6.07) is 8.00. The molecule has 0 unspecified atom stereocenters. The molecule has 7 nitrogen and oxygen atoms in total. The Kier molecular flexibility index (Phi) is 3.51. The van der Waals surface area contributed by atoms with E-state index in [-0.39, 0.29) is 6.04 Å². The van der Waals surface area contributed by atoms with Gasteiger partial charge in [-0.1, -0.05) is 17.3 Å². The molecular weight excluding hydrogens is 258 g/mol. The summed E-state index contributed by atoms with van der Waals surface area (Å²) < 4.78 is 1.87. The fraction of sp³-hybridized carbons (Fsp3) is 0.462. The Labute approximate surface area is 116 Å². The second kappa shape index (κ2) is 5.46. The SMILES string of the molecule is O=C(O)N1CCN[C@H](CCn2nnc3ccccc32)C1. The van der Waals surface area contributed by atoms with Crippen molar-refractivity contribution in [2.45, 2.75) is 19.0 Å². The normalized spacial score (nSPS) is 19.4. The number of piperazine rings is 1. The molecule has 0 saturated carbocycles. The maximum atomic E-state index is 11.0. The van der Waals surface area contributed by atoms with Gasteiger partial charge in [0.15, 0.2) is 0 Å². The molecule has 1 aliphatic rings. The molecule has 106 valence electrons. The van der Waals surface area contributed by atoms with Crippen LogP contribution in [-0.4, -0.2) is 56.8 Å². The summed E-state index contributed by atoms with van der Waals surface area (Å²) in [5, 5.41) is 20.6. The fourth-order valence-electron chi connectivity index (χ4n) is 2.55. The molecule has 0 bridgehead atoms. The highest BCUT2D eigenvalue weighted by molar-refractivity contribution is 5.73. The lowest BCUT2D eigenvalue weighted by Crippen LogP contribution is -2.52. The number of fused-ring (bicyclic) bond motifs is 1. The summed E-state index contributed by atoms with van der Waals surface area (Å²) in [6.07, 6.45) is -0.0142. The van der Waals surface area contributed by atoms with Crippen LogP contribution in [0.25, 0.3) is 11.0 Å². The van der Waals surface area contributed by atoms with Gasteiger partial charge >= 0.3 is 6.09 Å². The van der Waals surface area contributed by atoms with E-state index in [1.807, 2.05) is 28.9 Å². The third-order valence-corrected chi connectivity index (χ3v) is 3.64. The van der Waals surface area contributed by atoms with Crippen LogP contribution in [0.15, 0.2) is 24.3 Å². The minimum absolute atomic E-state index is 0.169. The Bertz CT molecular complexity index is 612. The van der Waals surface area contributed by atoms with Crippen LogP contribution in [0.4, 0.5) is 4.79 Å². The van der Waals surface area contributed by atoms with Gasteiger partial charge < -0.3 is 15.3 Å². The molecule has 2 heterocycles. The number of nitrogens with zero attached hydrogens (tertiary/aromatic N) is 4. The van der Waals surface area contributed by atoms with E-state index < -0.39 is 6.09 Å². The van der Waals surface area contributed by atoms with Gasteiger partial charge in [-0.3, -0.25) is 0 Å². The topological polar surface area (TPSA) is 83.3 Å². The van der Waals surface area contributed by atoms with E-state index in [0.717, 1.165) is 24.0 Å². The van der Waals surface area contributed by atoms with Gasteiger partial charge in [0.1, 0.15) is 5.52 Å². The average molecular weight is 275 g/mol. The Morgan fingerprint density at radius 1 is 1.45 bits per heavy atom. The molecule has 2 aromatic rings. The van der Waals surface area contributed by atoms with Gasteiger partial charge in [0.05, 0.1) is 5.52 Å². The molecule has 1 amide bonds. The standard InChI is InChI=1S/C13H17N5O2/c19-13(20)17-8-6-14-10(9-17)5-7-18-12-4-2-1-3-11(12)15-16-18/h1-4,10,14H,5-9H2,(H,19,20)/t10-/m1/s1. The summed E-state index contributed by atoms with van der Waals surface area (Å²) in [7, 11) is 0. The first-order chi connectivity index (χ1) is 9.74. The molecule has 0 aliphatic carbocycles. The first-order valence-electron chi connectivity index (χ1n) is 6.73. The van der Waals surface area contributed by atoms with Crippen LogP contribution in [0, 0.1) is 0 Å². The van der Waals surface area contributed by atoms with Gasteiger partial charge in [-0.25, -0.2) is 9.48 Å². The number of hydrogen-bond donors (Lipinski definition) is 2. The van der Waals surface area contributed by atoms with Crippen molar-refractivity contribution >= 4 is 17.1 Å². The van der Waals surface area contributed by atoms with E-state index in [0.29, 0.717) is 19.6 Å². The van der Waals surface area contributed by atoms with Gasteiger partial charge in [-0.15, -0.1) is 5.10 Å². The van der Waals surface area contributed by atoms with E-state index in [2.05, 4.69) is 15.6 Å².